The summed E-state index contributed by atoms with van der Waals surface area (Å²) < 4.78 is 5.75. The lowest BCUT2D eigenvalue weighted by Crippen LogP contribution is -2.22. The summed E-state index contributed by atoms with van der Waals surface area (Å²) >= 11 is 1.64. The number of pyridine rings is 1. The number of aromatic nitrogens is 1. The van der Waals surface area contributed by atoms with Crippen molar-refractivity contribution in [1.29, 1.82) is 0 Å². The van der Waals surface area contributed by atoms with Crippen molar-refractivity contribution in [3.8, 4) is 22.8 Å². The van der Waals surface area contributed by atoms with E-state index in [1.165, 1.54) is 0 Å². The Kier molecular flexibility index (Phi) is 5.45. The van der Waals surface area contributed by atoms with Gasteiger partial charge in [-0.2, -0.15) is 11.3 Å². The molecule has 1 N–H and O–H groups in total. The van der Waals surface area contributed by atoms with Crippen LogP contribution in [0.2, 0.25) is 0 Å². The fourth-order valence-corrected chi connectivity index (χ4v) is 3.39. The Morgan fingerprint density at radius 2 is 1.75 bits per heavy atom. The Bertz CT molecular complexity index is 1050. The SMILES string of the molecule is O=C(NCc1ccnc(-c2ccsc2)c1)c1ccc(Oc2ccccc2)cc1. The van der Waals surface area contributed by atoms with Gasteiger partial charge in [0.1, 0.15) is 11.5 Å². The first-order chi connectivity index (χ1) is 13.8. The van der Waals surface area contributed by atoms with E-state index in [1.54, 1.807) is 41.8 Å². The topological polar surface area (TPSA) is 51.2 Å². The van der Waals surface area contributed by atoms with Gasteiger partial charge in [0, 0.05) is 29.2 Å². The van der Waals surface area contributed by atoms with Gasteiger partial charge in [-0.15, -0.1) is 0 Å². The van der Waals surface area contributed by atoms with Crippen LogP contribution in [-0.2, 0) is 6.54 Å². The van der Waals surface area contributed by atoms with Gasteiger partial charge < -0.3 is 10.1 Å². The predicted molar refractivity (Wildman–Crippen MR) is 112 cm³/mol. The van der Waals surface area contributed by atoms with Crippen LogP contribution in [0.5, 0.6) is 11.5 Å². The van der Waals surface area contributed by atoms with Gasteiger partial charge in [0.15, 0.2) is 0 Å². The molecule has 2 aromatic heterocycles. The maximum Gasteiger partial charge on any atom is 0.251 e. The third-order valence-electron chi connectivity index (χ3n) is 4.19. The lowest BCUT2D eigenvalue weighted by molar-refractivity contribution is 0.0951. The Balaban J connectivity index is 1.37. The lowest BCUT2D eigenvalue weighted by Gasteiger charge is -2.08. The minimum absolute atomic E-state index is 0.125. The molecule has 0 spiro atoms. The average molecular weight is 386 g/mol. The van der Waals surface area contributed by atoms with Gasteiger partial charge >= 0.3 is 0 Å². The van der Waals surface area contributed by atoms with Crippen molar-refractivity contribution in [3.63, 3.8) is 0 Å². The molecule has 0 unspecified atom stereocenters. The first-order valence-corrected chi connectivity index (χ1v) is 9.81. The quantitative estimate of drug-likeness (QED) is 0.474. The Morgan fingerprint density at radius 3 is 2.50 bits per heavy atom. The highest BCUT2D eigenvalue weighted by molar-refractivity contribution is 7.08. The molecule has 0 saturated carbocycles. The largest absolute Gasteiger partial charge is 0.457 e. The molecule has 138 valence electrons. The number of hydrogen-bond acceptors (Lipinski definition) is 4. The van der Waals surface area contributed by atoms with E-state index in [4.69, 9.17) is 4.74 Å². The van der Waals surface area contributed by atoms with E-state index < -0.39 is 0 Å². The minimum atomic E-state index is -0.125. The standard InChI is InChI=1S/C23H18N2O2S/c26-23(18-6-8-21(9-7-18)27-20-4-2-1-3-5-20)25-15-17-10-12-24-22(14-17)19-11-13-28-16-19/h1-14,16H,15H2,(H,25,26). The summed E-state index contributed by atoms with van der Waals surface area (Å²) in [7, 11) is 0. The monoisotopic (exact) mass is 386 g/mol. The Morgan fingerprint density at radius 1 is 0.964 bits per heavy atom. The number of benzene rings is 2. The third-order valence-corrected chi connectivity index (χ3v) is 4.87. The number of amides is 1. The molecule has 0 saturated heterocycles. The van der Waals surface area contributed by atoms with Crippen molar-refractivity contribution in [2.24, 2.45) is 0 Å². The van der Waals surface area contributed by atoms with Crippen LogP contribution >= 0.6 is 11.3 Å². The van der Waals surface area contributed by atoms with Crippen LogP contribution in [-0.4, -0.2) is 10.9 Å². The van der Waals surface area contributed by atoms with Crippen molar-refractivity contribution in [2.75, 3.05) is 0 Å². The minimum Gasteiger partial charge on any atom is -0.457 e. The molecule has 0 aliphatic heterocycles. The molecule has 28 heavy (non-hydrogen) atoms. The molecule has 2 heterocycles. The van der Waals surface area contributed by atoms with Gasteiger partial charge in [0.2, 0.25) is 0 Å². The molecule has 4 aromatic rings. The molecule has 2 aromatic carbocycles. The maximum absolute atomic E-state index is 12.4. The second-order valence-electron chi connectivity index (χ2n) is 6.18. The fourth-order valence-electron chi connectivity index (χ4n) is 2.74. The number of ether oxygens (including phenoxy) is 1. The van der Waals surface area contributed by atoms with E-state index in [9.17, 15) is 4.79 Å². The van der Waals surface area contributed by atoms with Gasteiger partial charge in [0.25, 0.3) is 5.91 Å². The molecule has 0 fully saturated rings. The molecule has 0 aliphatic carbocycles. The first-order valence-electron chi connectivity index (χ1n) is 8.86. The van der Waals surface area contributed by atoms with Gasteiger partial charge in [-0.3, -0.25) is 9.78 Å². The molecule has 1 amide bonds. The lowest BCUT2D eigenvalue weighted by atomic mass is 10.1. The van der Waals surface area contributed by atoms with Crippen molar-refractivity contribution in [3.05, 3.63) is 101 Å². The number of rotatable bonds is 6. The maximum atomic E-state index is 12.4. The molecule has 0 bridgehead atoms. The molecule has 5 heteroatoms. The smallest absolute Gasteiger partial charge is 0.251 e. The zero-order valence-electron chi connectivity index (χ0n) is 15.0. The van der Waals surface area contributed by atoms with Crippen molar-refractivity contribution in [1.82, 2.24) is 10.3 Å². The Hall–Kier alpha value is -3.44. The first kappa shape index (κ1) is 17.9. The number of carbonyl (C=O) groups excluding carboxylic acids is 1. The normalized spacial score (nSPS) is 10.4. The van der Waals surface area contributed by atoms with Crippen LogP contribution in [0, 0.1) is 0 Å². The molecular weight excluding hydrogens is 368 g/mol. The third kappa shape index (κ3) is 4.45. The van der Waals surface area contributed by atoms with Crippen LogP contribution in [0.3, 0.4) is 0 Å². The summed E-state index contributed by atoms with van der Waals surface area (Å²) in [5, 5.41) is 7.04. The Labute approximate surface area is 167 Å². The molecule has 0 radical (unpaired) electrons. The summed E-state index contributed by atoms with van der Waals surface area (Å²) in [6.07, 6.45) is 1.77. The van der Waals surface area contributed by atoms with E-state index in [2.05, 4.69) is 15.7 Å². The number of nitrogens with zero attached hydrogens (tertiary/aromatic N) is 1. The zero-order valence-corrected chi connectivity index (χ0v) is 15.9. The van der Waals surface area contributed by atoms with Gasteiger partial charge in [-0.1, -0.05) is 18.2 Å². The van der Waals surface area contributed by atoms with Gasteiger partial charge in [-0.05, 0) is 65.5 Å². The van der Waals surface area contributed by atoms with E-state index in [0.29, 0.717) is 17.9 Å². The fraction of sp³-hybridized carbons (Fsp3) is 0.0435. The highest BCUT2D eigenvalue weighted by Crippen LogP contribution is 2.22. The number of nitrogens with one attached hydrogen (secondary N) is 1. The van der Waals surface area contributed by atoms with Crippen molar-refractivity contribution in [2.45, 2.75) is 6.54 Å². The number of carbonyl (C=O) groups is 1. The molecule has 4 nitrogen and oxygen atoms in total. The molecular formula is C23H18N2O2S. The molecule has 4 rings (SSSR count). The van der Waals surface area contributed by atoms with Crippen LogP contribution in [0.15, 0.2) is 89.8 Å². The number of para-hydroxylation sites is 1. The van der Waals surface area contributed by atoms with Crippen molar-refractivity contribution < 1.29 is 9.53 Å². The molecule has 0 atom stereocenters. The number of hydrogen-bond donors (Lipinski definition) is 1. The average Bonchev–Trinajstić information content (AvgIpc) is 3.29. The summed E-state index contributed by atoms with van der Waals surface area (Å²) in [6, 6.07) is 22.6. The van der Waals surface area contributed by atoms with Crippen LogP contribution < -0.4 is 10.1 Å². The van der Waals surface area contributed by atoms with E-state index in [0.717, 1.165) is 22.6 Å². The number of thiophene rings is 1. The van der Waals surface area contributed by atoms with Crippen molar-refractivity contribution >= 4 is 17.2 Å². The highest BCUT2D eigenvalue weighted by atomic mass is 32.1. The summed E-state index contributed by atoms with van der Waals surface area (Å²) in [5.41, 5.74) is 3.60. The van der Waals surface area contributed by atoms with E-state index in [1.807, 2.05) is 53.9 Å². The summed E-state index contributed by atoms with van der Waals surface area (Å²) in [6.45, 7) is 0.445. The van der Waals surface area contributed by atoms with E-state index >= 15 is 0 Å². The van der Waals surface area contributed by atoms with Crippen LogP contribution in [0.1, 0.15) is 15.9 Å². The van der Waals surface area contributed by atoms with Crippen LogP contribution in [0.4, 0.5) is 0 Å². The second kappa shape index (κ2) is 8.50. The second-order valence-corrected chi connectivity index (χ2v) is 6.96. The van der Waals surface area contributed by atoms with Gasteiger partial charge in [-0.25, -0.2) is 0 Å². The summed E-state index contributed by atoms with van der Waals surface area (Å²) in [5.74, 6) is 1.33. The summed E-state index contributed by atoms with van der Waals surface area (Å²) in [4.78, 5) is 16.8. The molecule has 0 aliphatic rings. The predicted octanol–water partition coefficient (Wildman–Crippen LogP) is 5.53. The highest BCUT2D eigenvalue weighted by Gasteiger charge is 2.07. The zero-order chi connectivity index (χ0) is 19.2. The van der Waals surface area contributed by atoms with E-state index in [-0.39, 0.29) is 5.91 Å². The van der Waals surface area contributed by atoms with Gasteiger partial charge in [0.05, 0.1) is 5.69 Å². The van der Waals surface area contributed by atoms with Crippen LogP contribution in [0.25, 0.3) is 11.3 Å².